The zero-order chi connectivity index (χ0) is 10.7. The summed E-state index contributed by atoms with van der Waals surface area (Å²) in [6.45, 7) is 3.82. The van der Waals surface area contributed by atoms with Crippen molar-refractivity contribution in [2.24, 2.45) is 0 Å². The fraction of sp³-hybridized carbons (Fsp3) is 0.556. The third-order valence-electron chi connectivity index (χ3n) is 1.71. The van der Waals surface area contributed by atoms with Crippen molar-refractivity contribution in [1.29, 1.82) is 0 Å². The van der Waals surface area contributed by atoms with E-state index in [0.717, 1.165) is 0 Å². The highest BCUT2D eigenvalue weighted by atomic mass is 19.1. The Morgan fingerprint density at radius 1 is 1.07 bits per heavy atom. The number of methoxy groups -OCH3 is 2. The fourth-order valence-electron chi connectivity index (χ4n) is 0.951. The van der Waals surface area contributed by atoms with Crippen LogP contribution in [0.5, 0.6) is 11.8 Å². The number of aromatic nitrogens is 2. The average Bonchev–Trinajstić information content (AvgIpc) is 2.17. The Hall–Kier alpha value is -1.39. The highest BCUT2D eigenvalue weighted by Gasteiger charge is 2.16. The Morgan fingerprint density at radius 2 is 1.50 bits per heavy atom. The number of halogens is 1. The highest BCUT2D eigenvalue weighted by Crippen LogP contribution is 2.24. The minimum Gasteiger partial charge on any atom is -0.479 e. The van der Waals surface area contributed by atoms with Crippen LogP contribution in [0.1, 0.15) is 25.6 Å². The maximum absolute atomic E-state index is 13.3. The summed E-state index contributed by atoms with van der Waals surface area (Å²) in [5, 5.41) is 0. The lowest BCUT2D eigenvalue weighted by Gasteiger charge is -2.09. The summed E-state index contributed by atoms with van der Waals surface area (Å²) in [6, 6.07) is 0. The van der Waals surface area contributed by atoms with Gasteiger partial charge in [-0.05, 0) is 0 Å². The van der Waals surface area contributed by atoms with Gasteiger partial charge in [0.05, 0.1) is 14.2 Å². The van der Waals surface area contributed by atoms with Crippen LogP contribution in [0.3, 0.4) is 0 Å². The van der Waals surface area contributed by atoms with Crippen molar-refractivity contribution in [1.82, 2.24) is 9.97 Å². The molecule has 0 radical (unpaired) electrons. The van der Waals surface area contributed by atoms with Gasteiger partial charge < -0.3 is 9.47 Å². The molecule has 1 aromatic heterocycles. The molecule has 0 bridgehead atoms. The van der Waals surface area contributed by atoms with Crippen molar-refractivity contribution in [2.75, 3.05) is 14.2 Å². The summed E-state index contributed by atoms with van der Waals surface area (Å²) >= 11 is 0. The average molecular weight is 200 g/mol. The van der Waals surface area contributed by atoms with Crippen molar-refractivity contribution >= 4 is 0 Å². The van der Waals surface area contributed by atoms with Crippen LogP contribution < -0.4 is 9.47 Å². The summed E-state index contributed by atoms with van der Waals surface area (Å²) in [7, 11) is 2.71. The minimum absolute atomic E-state index is 0.0828. The van der Waals surface area contributed by atoms with Crippen molar-refractivity contribution in [3.8, 4) is 11.8 Å². The van der Waals surface area contributed by atoms with Crippen LogP contribution in [0.4, 0.5) is 4.39 Å². The normalized spacial score (nSPS) is 10.4. The molecule has 1 aromatic rings. The van der Waals surface area contributed by atoms with E-state index in [0.29, 0.717) is 5.82 Å². The van der Waals surface area contributed by atoms with Crippen LogP contribution in [-0.2, 0) is 0 Å². The van der Waals surface area contributed by atoms with Crippen molar-refractivity contribution in [3.05, 3.63) is 11.6 Å². The Labute approximate surface area is 82.1 Å². The molecule has 0 atom stereocenters. The van der Waals surface area contributed by atoms with Gasteiger partial charge in [0.25, 0.3) is 11.8 Å². The van der Waals surface area contributed by atoms with E-state index >= 15 is 0 Å². The zero-order valence-corrected chi connectivity index (χ0v) is 8.67. The molecular weight excluding hydrogens is 187 g/mol. The molecule has 0 spiro atoms. The maximum Gasteiger partial charge on any atom is 0.257 e. The SMILES string of the molecule is COc1nc(C(C)C)nc(OC)c1F. The molecular formula is C9H13FN2O2. The van der Waals surface area contributed by atoms with Gasteiger partial charge in [0.15, 0.2) is 0 Å². The van der Waals surface area contributed by atoms with Gasteiger partial charge in [-0.15, -0.1) is 0 Å². The van der Waals surface area contributed by atoms with E-state index in [1.807, 2.05) is 13.8 Å². The molecule has 4 nitrogen and oxygen atoms in total. The van der Waals surface area contributed by atoms with Gasteiger partial charge in [-0.2, -0.15) is 14.4 Å². The van der Waals surface area contributed by atoms with Crippen molar-refractivity contribution in [3.63, 3.8) is 0 Å². The Bertz CT molecular complexity index is 304. The predicted molar refractivity (Wildman–Crippen MR) is 49.2 cm³/mol. The summed E-state index contributed by atoms with van der Waals surface area (Å²) in [5.41, 5.74) is 0. The van der Waals surface area contributed by atoms with Crippen LogP contribution in [-0.4, -0.2) is 24.2 Å². The summed E-state index contributed by atoms with van der Waals surface area (Å²) in [6.07, 6.45) is 0. The molecule has 0 aromatic carbocycles. The maximum atomic E-state index is 13.3. The zero-order valence-electron chi connectivity index (χ0n) is 8.67. The molecule has 1 rings (SSSR count). The third kappa shape index (κ3) is 1.92. The lowest BCUT2D eigenvalue weighted by Crippen LogP contribution is -2.05. The number of ether oxygens (including phenoxy) is 2. The summed E-state index contributed by atoms with van der Waals surface area (Å²) < 4.78 is 22.9. The number of nitrogens with zero attached hydrogens (tertiary/aromatic N) is 2. The van der Waals surface area contributed by atoms with Crippen LogP contribution in [0.25, 0.3) is 0 Å². The van der Waals surface area contributed by atoms with E-state index in [4.69, 9.17) is 9.47 Å². The first kappa shape index (κ1) is 10.7. The van der Waals surface area contributed by atoms with E-state index in [2.05, 4.69) is 9.97 Å². The first-order chi connectivity index (χ1) is 6.60. The Kier molecular flexibility index (Phi) is 3.22. The molecule has 0 saturated heterocycles. The molecule has 0 aliphatic carbocycles. The van der Waals surface area contributed by atoms with Gasteiger partial charge in [0.1, 0.15) is 5.82 Å². The molecule has 14 heavy (non-hydrogen) atoms. The highest BCUT2D eigenvalue weighted by molar-refractivity contribution is 5.24. The van der Waals surface area contributed by atoms with Gasteiger partial charge in [0, 0.05) is 5.92 Å². The standard InChI is InChI=1S/C9H13FN2O2/c1-5(2)7-11-8(13-3)6(10)9(12-7)14-4/h5H,1-4H3. The van der Waals surface area contributed by atoms with Gasteiger partial charge in [-0.1, -0.05) is 13.8 Å². The lowest BCUT2D eigenvalue weighted by molar-refractivity contribution is 0.323. The van der Waals surface area contributed by atoms with E-state index < -0.39 is 5.82 Å². The molecule has 0 unspecified atom stereocenters. The van der Waals surface area contributed by atoms with E-state index in [1.165, 1.54) is 14.2 Å². The van der Waals surface area contributed by atoms with Crippen LogP contribution >= 0.6 is 0 Å². The smallest absolute Gasteiger partial charge is 0.257 e. The minimum atomic E-state index is -0.667. The lowest BCUT2D eigenvalue weighted by atomic mass is 10.2. The molecule has 0 aliphatic heterocycles. The fourth-order valence-corrected chi connectivity index (χ4v) is 0.951. The molecule has 0 aliphatic rings. The quantitative estimate of drug-likeness (QED) is 0.745. The molecule has 1 heterocycles. The van der Waals surface area contributed by atoms with Crippen LogP contribution in [0.15, 0.2) is 0 Å². The topological polar surface area (TPSA) is 44.2 Å². The second-order valence-electron chi connectivity index (χ2n) is 3.07. The van der Waals surface area contributed by atoms with E-state index in [9.17, 15) is 4.39 Å². The monoisotopic (exact) mass is 200 g/mol. The molecule has 0 amide bonds. The molecule has 0 fully saturated rings. The number of hydrogen-bond acceptors (Lipinski definition) is 4. The van der Waals surface area contributed by atoms with Crippen LogP contribution in [0, 0.1) is 5.82 Å². The summed E-state index contributed by atoms with van der Waals surface area (Å²) in [5.74, 6) is -0.237. The van der Waals surface area contributed by atoms with E-state index in [1.54, 1.807) is 0 Å². The second kappa shape index (κ2) is 4.21. The number of rotatable bonds is 3. The van der Waals surface area contributed by atoms with Gasteiger partial charge in [0.2, 0.25) is 5.82 Å². The van der Waals surface area contributed by atoms with Crippen LogP contribution in [0.2, 0.25) is 0 Å². The molecule has 0 N–H and O–H groups in total. The molecule has 78 valence electrons. The number of hydrogen-bond donors (Lipinski definition) is 0. The predicted octanol–water partition coefficient (Wildman–Crippen LogP) is 1.76. The molecule has 0 saturated carbocycles. The third-order valence-corrected chi connectivity index (χ3v) is 1.71. The van der Waals surface area contributed by atoms with Crippen molar-refractivity contribution in [2.45, 2.75) is 19.8 Å². The van der Waals surface area contributed by atoms with Gasteiger partial charge in [-0.3, -0.25) is 0 Å². The van der Waals surface area contributed by atoms with Gasteiger partial charge in [-0.25, -0.2) is 0 Å². The summed E-state index contributed by atoms with van der Waals surface area (Å²) in [4.78, 5) is 7.82. The van der Waals surface area contributed by atoms with Crippen molar-refractivity contribution < 1.29 is 13.9 Å². The molecule has 5 heteroatoms. The van der Waals surface area contributed by atoms with E-state index in [-0.39, 0.29) is 17.7 Å². The Balaban J connectivity index is 3.25. The first-order valence-electron chi connectivity index (χ1n) is 4.25. The first-order valence-corrected chi connectivity index (χ1v) is 4.25. The Morgan fingerprint density at radius 3 is 1.79 bits per heavy atom. The van der Waals surface area contributed by atoms with Gasteiger partial charge >= 0.3 is 0 Å². The second-order valence-corrected chi connectivity index (χ2v) is 3.07. The largest absolute Gasteiger partial charge is 0.479 e.